The molecule has 1 fully saturated rings. The van der Waals surface area contributed by atoms with Crippen LogP contribution in [-0.2, 0) is 6.54 Å². The van der Waals surface area contributed by atoms with Crippen LogP contribution in [0.3, 0.4) is 0 Å². The van der Waals surface area contributed by atoms with Crippen LogP contribution in [0.15, 0.2) is 48.5 Å². The molecular weight excluding hydrogens is 258 g/mol. The third-order valence-corrected chi connectivity index (χ3v) is 3.83. The van der Waals surface area contributed by atoms with Gasteiger partial charge < -0.3 is 10.1 Å². The Balaban J connectivity index is 1.56. The maximum Gasteiger partial charge on any atom is 0.121 e. The number of nitrogens with one attached hydrogen (secondary N) is 1. The van der Waals surface area contributed by atoms with Gasteiger partial charge in [-0.25, -0.2) is 0 Å². The molecule has 1 aliphatic rings. The van der Waals surface area contributed by atoms with Gasteiger partial charge in [-0.2, -0.15) is 0 Å². The number of hydrogen-bond donors (Lipinski definition) is 1. The van der Waals surface area contributed by atoms with Crippen molar-refractivity contribution in [2.45, 2.75) is 38.6 Å². The molecule has 21 heavy (non-hydrogen) atoms. The molecule has 3 rings (SSSR count). The molecule has 0 aliphatic heterocycles. The van der Waals surface area contributed by atoms with Gasteiger partial charge in [-0.3, -0.25) is 0 Å². The molecule has 0 unspecified atom stereocenters. The van der Waals surface area contributed by atoms with Crippen molar-refractivity contribution in [2.75, 3.05) is 11.9 Å². The summed E-state index contributed by atoms with van der Waals surface area (Å²) in [4.78, 5) is 0. The topological polar surface area (TPSA) is 21.3 Å². The van der Waals surface area contributed by atoms with Crippen LogP contribution in [0.25, 0.3) is 0 Å². The van der Waals surface area contributed by atoms with Crippen molar-refractivity contribution >= 4 is 5.69 Å². The molecule has 0 spiro atoms. The summed E-state index contributed by atoms with van der Waals surface area (Å²) in [5, 5.41) is 3.46. The third kappa shape index (κ3) is 4.01. The lowest BCUT2D eigenvalue weighted by molar-refractivity contribution is 0.317. The van der Waals surface area contributed by atoms with E-state index >= 15 is 0 Å². The third-order valence-electron chi connectivity index (χ3n) is 3.83. The van der Waals surface area contributed by atoms with Crippen molar-refractivity contribution in [3.63, 3.8) is 0 Å². The molecule has 2 aromatic rings. The molecule has 0 aromatic heterocycles. The molecule has 0 atom stereocenters. The quantitative estimate of drug-likeness (QED) is 0.774. The van der Waals surface area contributed by atoms with E-state index < -0.39 is 0 Å². The van der Waals surface area contributed by atoms with Crippen molar-refractivity contribution in [2.24, 2.45) is 0 Å². The summed E-state index contributed by atoms with van der Waals surface area (Å²) in [6, 6.07) is 17.2. The van der Waals surface area contributed by atoms with Gasteiger partial charge in [0.25, 0.3) is 0 Å². The highest BCUT2D eigenvalue weighted by molar-refractivity contribution is 5.48. The molecule has 110 valence electrons. The second kappa shape index (κ2) is 6.66. The maximum absolute atomic E-state index is 5.66. The second-order valence-electron chi connectivity index (χ2n) is 5.75. The monoisotopic (exact) mass is 281 g/mol. The summed E-state index contributed by atoms with van der Waals surface area (Å²) in [6.07, 6.45) is 3.76. The molecule has 0 bridgehead atoms. The van der Waals surface area contributed by atoms with E-state index in [9.17, 15) is 0 Å². The van der Waals surface area contributed by atoms with E-state index in [1.807, 2.05) is 12.1 Å². The van der Waals surface area contributed by atoms with Crippen molar-refractivity contribution in [1.82, 2.24) is 0 Å². The summed E-state index contributed by atoms with van der Waals surface area (Å²) < 4.78 is 5.66. The lowest BCUT2D eigenvalue weighted by atomic mass is 10.1. The van der Waals surface area contributed by atoms with E-state index in [0.717, 1.165) is 36.9 Å². The number of anilines is 1. The SMILES string of the molecule is CCCOc1cccc(NCc2ccc(C3CC3)cc2)c1. The number of rotatable bonds is 7. The highest BCUT2D eigenvalue weighted by Gasteiger charge is 2.22. The summed E-state index contributed by atoms with van der Waals surface area (Å²) in [5.41, 5.74) is 3.92. The first-order chi connectivity index (χ1) is 10.3. The fourth-order valence-corrected chi connectivity index (χ4v) is 2.44. The van der Waals surface area contributed by atoms with Gasteiger partial charge in [0.05, 0.1) is 6.61 Å². The van der Waals surface area contributed by atoms with E-state index in [0.29, 0.717) is 0 Å². The minimum Gasteiger partial charge on any atom is -0.494 e. The molecule has 0 amide bonds. The van der Waals surface area contributed by atoms with Gasteiger partial charge in [-0.05, 0) is 48.4 Å². The lowest BCUT2D eigenvalue weighted by Crippen LogP contribution is -2.00. The molecule has 2 aromatic carbocycles. The number of ether oxygens (including phenoxy) is 1. The van der Waals surface area contributed by atoms with Gasteiger partial charge in [0.15, 0.2) is 0 Å². The van der Waals surface area contributed by atoms with E-state index in [1.165, 1.54) is 24.0 Å². The highest BCUT2D eigenvalue weighted by atomic mass is 16.5. The first-order valence-electron chi connectivity index (χ1n) is 7.90. The summed E-state index contributed by atoms with van der Waals surface area (Å²) >= 11 is 0. The Morgan fingerprint density at radius 2 is 1.90 bits per heavy atom. The number of hydrogen-bond acceptors (Lipinski definition) is 2. The predicted molar refractivity (Wildman–Crippen MR) is 88.0 cm³/mol. The van der Waals surface area contributed by atoms with E-state index in [4.69, 9.17) is 4.74 Å². The zero-order valence-corrected chi connectivity index (χ0v) is 12.6. The van der Waals surface area contributed by atoms with E-state index in [-0.39, 0.29) is 0 Å². The van der Waals surface area contributed by atoms with Gasteiger partial charge in [0.2, 0.25) is 0 Å². The Hall–Kier alpha value is -1.96. The summed E-state index contributed by atoms with van der Waals surface area (Å²) in [6.45, 7) is 3.74. The zero-order valence-electron chi connectivity index (χ0n) is 12.6. The average molecular weight is 281 g/mol. The van der Waals surface area contributed by atoms with Crippen LogP contribution in [0.4, 0.5) is 5.69 Å². The zero-order chi connectivity index (χ0) is 14.5. The highest BCUT2D eigenvalue weighted by Crippen LogP contribution is 2.39. The van der Waals surface area contributed by atoms with Gasteiger partial charge in [0.1, 0.15) is 5.75 Å². The first kappa shape index (κ1) is 14.0. The Bertz CT molecular complexity index is 572. The van der Waals surface area contributed by atoms with Crippen LogP contribution in [0.5, 0.6) is 5.75 Å². The van der Waals surface area contributed by atoms with Gasteiger partial charge in [-0.1, -0.05) is 37.3 Å². The van der Waals surface area contributed by atoms with Crippen molar-refractivity contribution in [1.29, 1.82) is 0 Å². The molecule has 0 radical (unpaired) electrons. The van der Waals surface area contributed by atoms with E-state index in [2.05, 4.69) is 48.6 Å². The van der Waals surface area contributed by atoms with Crippen molar-refractivity contribution < 1.29 is 4.74 Å². The number of benzene rings is 2. The summed E-state index contributed by atoms with van der Waals surface area (Å²) in [5.74, 6) is 1.77. The molecule has 1 aliphatic carbocycles. The maximum atomic E-state index is 5.66. The average Bonchev–Trinajstić information content (AvgIpc) is 3.37. The molecule has 1 saturated carbocycles. The van der Waals surface area contributed by atoms with Crippen LogP contribution < -0.4 is 10.1 Å². The van der Waals surface area contributed by atoms with Crippen LogP contribution in [-0.4, -0.2) is 6.61 Å². The van der Waals surface area contributed by atoms with E-state index in [1.54, 1.807) is 0 Å². The van der Waals surface area contributed by atoms with Crippen LogP contribution in [0.1, 0.15) is 43.2 Å². The molecule has 1 N–H and O–H groups in total. The lowest BCUT2D eigenvalue weighted by Gasteiger charge is -2.10. The van der Waals surface area contributed by atoms with Gasteiger partial charge in [0, 0.05) is 18.3 Å². The van der Waals surface area contributed by atoms with Crippen molar-refractivity contribution in [3.05, 3.63) is 59.7 Å². The first-order valence-corrected chi connectivity index (χ1v) is 7.90. The molecule has 2 nitrogen and oxygen atoms in total. The minimum atomic E-state index is 0.770. The largest absolute Gasteiger partial charge is 0.494 e. The standard InChI is InChI=1S/C19H23NO/c1-2-12-21-19-5-3-4-18(13-19)20-14-15-6-8-16(9-7-15)17-10-11-17/h3-9,13,17,20H,2,10-12,14H2,1H3. The van der Waals surface area contributed by atoms with Crippen LogP contribution >= 0.6 is 0 Å². The summed E-state index contributed by atoms with van der Waals surface area (Å²) in [7, 11) is 0. The Morgan fingerprint density at radius 1 is 1.10 bits per heavy atom. The molecular formula is C19H23NO. The van der Waals surface area contributed by atoms with Gasteiger partial charge in [-0.15, -0.1) is 0 Å². The normalized spacial score (nSPS) is 14.0. The van der Waals surface area contributed by atoms with Gasteiger partial charge >= 0.3 is 0 Å². The molecule has 0 saturated heterocycles. The Kier molecular flexibility index (Phi) is 4.44. The molecule has 0 heterocycles. The second-order valence-corrected chi connectivity index (χ2v) is 5.75. The fourth-order valence-electron chi connectivity index (χ4n) is 2.44. The van der Waals surface area contributed by atoms with Crippen LogP contribution in [0, 0.1) is 0 Å². The fraction of sp³-hybridized carbons (Fsp3) is 0.368. The Morgan fingerprint density at radius 3 is 2.62 bits per heavy atom. The van der Waals surface area contributed by atoms with Crippen LogP contribution in [0.2, 0.25) is 0 Å². The molecule has 2 heteroatoms. The van der Waals surface area contributed by atoms with Crippen molar-refractivity contribution in [3.8, 4) is 5.75 Å². The minimum absolute atomic E-state index is 0.770. The smallest absolute Gasteiger partial charge is 0.121 e. The Labute approximate surface area is 127 Å². The predicted octanol–water partition coefficient (Wildman–Crippen LogP) is 4.96.